The van der Waals surface area contributed by atoms with E-state index in [4.69, 9.17) is 4.74 Å². The van der Waals surface area contributed by atoms with Crippen LogP contribution in [0.15, 0.2) is 12.4 Å². The summed E-state index contributed by atoms with van der Waals surface area (Å²) in [5.74, 6) is 1.56. The van der Waals surface area contributed by atoms with Crippen LogP contribution in [0.4, 0.5) is 5.82 Å². The average Bonchev–Trinajstić information content (AvgIpc) is 2.91. The van der Waals surface area contributed by atoms with Crippen LogP contribution in [-0.2, 0) is 0 Å². The van der Waals surface area contributed by atoms with Gasteiger partial charge in [-0.2, -0.15) is 4.98 Å². The Bertz CT molecular complexity index is 444. The van der Waals surface area contributed by atoms with Gasteiger partial charge in [0, 0.05) is 24.7 Å². The number of nitrogens with one attached hydrogen (secondary N) is 1. The van der Waals surface area contributed by atoms with Crippen LogP contribution in [0.3, 0.4) is 0 Å². The molecule has 0 aromatic carbocycles. The van der Waals surface area contributed by atoms with Crippen molar-refractivity contribution in [2.45, 2.75) is 58.5 Å². The third-order valence-corrected chi connectivity index (χ3v) is 3.59. The number of anilines is 1. The lowest BCUT2D eigenvalue weighted by atomic mass is 10.1. The second-order valence-electron chi connectivity index (χ2n) is 6.68. The van der Waals surface area contributed by atoms with Crippen LogP contribution < -0.4 is 15.0 Å². The molecule has 0 saturated carbocycles. The van der Waals surface area contributed by atoms with Crippen LogP contribution >= 0.6 is 0 Å². The fourth-order valence-corrected chi connectivity index (χ4v) is 2.53. The zero-order chi connectivity index (χ0) is 15.3. The summed E-state index contributed by atoms with van der Waals surface area (Å²) in [5, 5.41) is 3.59. The molecule has 1 unspecified atom stereocenters. The normalized spacial score (nSPS) is 19.0. The molecule has 2 rings (SSSR count). The van der Waals surface area contributed by atoms with Crippen molar-refractivity contribution in [3.05, 3.63) is 12.4 Å². The monoisotopic (exact) mass is 292 g/mol. The highest BCUT2D eigenvalue weighted by Gasteiger charge is 2.27. The number of aromatic nitrogens is 2. The minimum Gasteiger partial charge on any atom is -0.477 e. The molecule has 1 aromatic heterocycles. The predicted octanol–water partition coefficient (Wildman–Crippen LogP) is 2.62. The van der Waals surface area contributed by atoms with Crippen molar-refractivity contribution in [3.8, 4) is 5.88 Å². The van der Waals surface area contributed by atoms with Gasteiger partial charge >= 0.3 is 0 Å². The summed E-state index contributed by atoms with van der Waals surface area (Å²) in [7, 11) is 0. The first kappa shape index (κ1) is 16.0. The summed E-state index contributed by atoms with van der Waals surface area (Å²) in [6, 6.07) is 0.486. The van der Waals surface area contributed by atoms with Gasteiger partial charge in [-0.15, -0.1) is 0 Å². The van der Waals surface area contributed by atoms with Gasteiger partial charge in [-0.3, -0.25) is 4.98 Å². The maximum absolute atomic E-state index is 5.59. The highest BCUT2D eigenvalue weighted by atomic mass is 16.5. The Morgan fingerprint density at radius 1 is 1.38 bits per heavy atom. The molecule has 0 amide bonds. The lowest BCUT2D eigenvalue weighted by Gasteiger charge is -2.29. The Morgan fingerprint density at radius 2 is 2.19 bits per heavy atom. The molecule has 0 radical (unpaired) electrons. The van der Waals surface area contributed by atoms with Crippen LogP contribution in [-0.4, -0.2) is 41.2 Å². The van der Waals surface area contributed by atoms with E-state index in [1.807, 2.05) is 6.20 Å². The predicted molar refractivity (Wildman–Crippen MR) is 85.9 cm³/mol. The summed E-state index contributed by atoms with van der Waals surface area (Å²) in [4.78, 5) is 11.2. The van der Waals surface area contributed by atoms with Gasteiger partial charge in [0.05, 0.1) is 19.0 Å². The van der Waals surface area contributed by atoms with Crippen LogP contribution in [0.25, 0.3) is 0 Å². The van der Waals surface area contributed by atoms with E-state index in [1.54, 1.807) is 6.20 Å². The summed E-state index contributed by atoms with van der Waals surface area (Å²) < 4.78 is 5.59. The SMILES string of the molecule is CCCOc1cncc(N2CCCC2CNC(C)(C)C)n1. The largest absolute Gasteiger partial charge is 0.477 e. The molecule has 1 saturated heterocycles. The maximum Gasteiger partial charge on any atom is 0.234 e. The molecule has 1 N–H and O–H groups in total. The minimum absolute atomic E-state index is 0.145. The number of rotatable bonds is 6. The van der Waals surface area contributed by atoms with Gasteiger partial charge in [0.2, 0.25) is 5.88 Å². The zero-order valence-electron chi connectivity index (χ0n) is 13.7. The lowest BCUT2D eigenvalue weighted by molar-refractivity contribution is 0.304. The van der Waals surface area contributed by atoms with E-state index in [2.05, 4.69) is 47.9 Å². The van der Waals surface area contributed by atoms with Crippen molar-refractivity contribution in [2.24, 2.45) is 0 Å². The third kappa shape index (κ3) is 4.84. The number of ether oxygens (including phenoxy) is 1. The van der Waals surface area contributed by atoms with E-state index in [1.165, 1.54) is 12.8 Å². The Hall–Kier alpha value is -1.36. The van der Waals surface area contributed by atoms with E-state index >= 15 is 0 Å². The first-order chi connectivity index (χ1) is 9.99. The Balaban J connectivity index is 2.02. The molecule has 1 aliphatic heterocycles. The smallest absolute Gasteiger partial charge is 0.234 e. The fourth-order valence-electron chi connectivity index (χ4n) is 2.53. The van der Waals surface area contributed by atoms with Gasteiger partial charge in [0.1, 0.15) is 0 Å². The van der Waals surface area contributed by atoms with Crippen LogP contribution in [0.5, 0.6) is 5.88 Å². The van der Waals surface area contributed by atoms with Crippen LogP contribution in [0.1, 0.15) is 47.0 Å². The molecule has 0 aliphatic carbocycles. The number of hydrogen-bond donors (Lipinski definition) is 1. The molecule has 0 bridgehead atoms. The average molecular weight is 292 g/mol. The fraction of sp³-hybridized carbons (Fsp3) is 0.750. The van der Waals surface area contributed by atoms with E-state index in [9.17, 15) is 0 Å². The van der Waals surface area contributed by atoms with E-state index in [0.29, 0.717) is 18.5 Å². The van der Waals surface area contributed by atoms with Gasteiger partial charge < -0.3 is 15.0 Å². The standard InChI is InChI=1S/C16H28N4O/c1-5-9-21-15-12-17-11-14(19-15)20-8-6-7-13(20)10-18-16(2,3)4/h11-13,18H,5-10H2,1-4H3. The van der Waals surface area contributed by atoms with Gasteiger partial charge in [0.15, 0.2) is 5.82 Å². The van der Waals surface area contributed by atoms with Crippen molar-refractivity contribution in [3.63, 3.8) is 0 Å². The quantitative estimate of drug-likeness (QED) is 0.873. The topological polar surface area (TPSA) is 50.3 Å². The molecule has 1 atom stereocenters. The van der Waals surface area contributed by atoms with E-state index in [-0.39, 0.29) is 5.54 Å². The minimum atomic E-state index is 0.145. The molecule has 5 heteroatoms. The van der Waals surface area contributed by atoms with Gasteiger partial charge in [-0.05, 0) is 40.0 Å². The second-order valence-corrected chi connectivity index (χ2v) is 6.68. The van der Waals surface area contributed by atoms with Crippen molar-refractivity contribution >= 4 is 5.82 Å². The van der Waals surface area contributed by atoms with Crippen molar-refractivity contribution in [1.82, 2.24) is 15.3 Å². The maximum atomic E-state index is 5.59. The van der Waals surface area contributed by atoms with Crippen LogP contribution in [0.2, 0.25) is 0 Å². The summed E-state index contributed by atoms with van der Waals surface area (Å²) >= 11 is 0. The first-order valence-electron chi connectivity index (χ1n) is 7.96. The molecular weight excluding hydrogens is 264 g/mol. The molecule has 1 fully saturated rings. The summed E-state index contributed by atoms with van der Waals surface area (Å²) in [6.07, 6.45) is 6.92. The molecule has 118 valence electrons. The molecular formula is C16H28N4O. The highest BCUT2D eigenvalue weighted by Crippen LogP contribution is 2.24. The van der Waals surface area contributed by atoms with Crippen molar-refractivity contribution < 1.29 is 4.74 Å². The Morgan fingerprint density at radius 3 is 2.90 bits per heavy atom. The molecule has 0 spiro atoms. The lowest BCUT2D eigenvalue weighted by Crippen LogP contribution is -2.45. The second kappa shape index (κ2) is 7.07. The van der Waals surface area contributed by atoms with Gasteiger partial charge in [-0.25, -0.2) is 0 Å². The zero-order valence-corrected chi connectivity index (χ0v) is 13.7. The summed E-state index contributed by atoms with van der Waals surface area (Å²) in [6.45, 7) is 11.4. The van der Waals surface area contributed by atoms with Crippen molar-refractivity contribution in [2.75, 3.05) is 24.6 Å². The molecule has 1 aromatic rings. The highest BCUT2D eigenvalue weighted by molar-refractivity contribution is 5.40. The molecule has 1 aliphatic rings. The molecule has 2 heterocycles. The Kier molecular flexibility index (Phi) is 5.39. The first-order valence-corrected chi connectivity index (χ1v) is 7.96. The van der Waals surface area contributed by atoms with Crippen LogP contribution in [0, 0.1) is 0 Å². The molecule has 21 heavy (non-hydrogen) atoms. The van der Waals surface area contributed by atoms with Crippen molar-refractivity contribution in [1.29, 1.82) is 0 Å². The number of nitrogens with zero attached hydrogens (tertiary/aromatic N) is 3. The number of hydrogen-bond acceptors (Lipinski definition) is 5. The van der Waals surface area contributed by atoms with Gasteiger partial charge in [-0.1, -0.05) is 6.92 Å². The van der Waals surface area contributed by atoms with Gasteiger partial charge in [0.25, 0.3) is 0 Å². The molecule has 5 nitrogen and oxygen atoms in total. The third-order valence-electron chi connectivity index (χ3n) is 3.59. The summed E-state index contributed by atoms with van der Waals surface area (Å²) in [5.41, 5.74) is 0.145. The Labute approximate surface area is 128 Å². The van der Waals surface area contributed by atoms with E-state index in [0.717, 1.165) is 25.3 Å². The van der Waals surface area contributed by atoms with E-state index < -0.39 is 0 Å².